The number of rotatable bonds is 10. The fraction of sp³-hybridized carbons (Fsp3) is 0.371. The average Bonchev–Trinajstić information content (AvgIpc) is 3.28. The molecule has 0 N–H and O–H groups in total. The van der Waals surface area contributed by atoms with Crippen LogP contribution in [0, 0.1) is 11.8 Å². The molecule has 0 saturated heterocycles. The lowest BCUT2D eigenvalue weighted by molar-refractivity contribution is -0.118. The van der Waals surface area contributed by atoms with E-state index in [0.29, 0.717) is 5.56 Å². The van der Waals surface area contributed by atoms with Crippen molar-refractivity contribution in [3.8, 4) is 0 Å². The van der Waals surface area contributed by atoms with E-state index in [1.165, 1.54) is 23.4 Å². The van der Waals surface area contributed by atoms with Crippen LogP contribution < -0.4 is 0 Å². The predicted octanol–water partition coefficient (Wildman–Crippen LogP) is 8.12. The summed E-state index contributed by atoms with van der Waals surface area (Å²) in [7, 11) is -0.646. The summed E-state index contributed by atoms with van der Waals surface area (Å²) < 4.78 is 11.7. The van der Waals surface area contributed by atoms with E-state index in [1.807, 2.05) is 18.2 Å². The Labute approximate surface area is 240 Å². The van der Waals surface area contributed by atoms with E-state index in [0.717, 1.165) is 24.8 Å². The zero-order chi connectivity index (χ0) is 28.9. The Balaban J connectivity index is 1.49. The minimum Gasteiger partial charge on any atom is -0.465 e. The van der Waals surface area contributed by atoms with Crippen LogP contribution in [0.15, 0.2) is 91.0 Å². The molecule has 4 rings (SSSR count). The number of esters is 1. The Bertz CT molecular complexity index is 1390. The van der Waals surface area contributed by atoms with Gasteiger partial charge in [0.25, 0.3) is 0 Å². The molecule has 3 atom stereocenters. The fourth-order valence-electron chi connectivity index (χ4n) is 4.99. The number of methoxy groups -OCH3 is 1. The van der Waals surface area contributed by atoms with Gasteiger partial charge in [-0.3, -0.25) is 4.79 Å². The molecule has 0 amide bonds. The van der Waals surface area contributed by atoms with Gasteiger partial charge in [0, 0.05) is 18.3 Å². The quantitative estimate of drug-likeness (QED) is 0.144. The first-order chi connectivity index (χ1) is 19.0. The van der Waals surface area contributed by atoms with Crippen molar-refractivity contribution in [3.63, 3.8) is 0 Å². The summed E-state index contributed by atoms with van der Waals surface area (Å²) in [5, 5.41) is 2.57. The van der Waals surface area contributed by atoms with Crippen molar-refractivity contribution >= 4 is 30.8 Å². The number of hydrogen-bond donors (Lipinski definition) is 0. The number of aryl methyl sites for hydroxylation is 1. The number of allylic oxidation sites excluding steroid dienone is 3. The molecule has 0 radical (unpaired) electrons. The van der Waals surface area contributed by atoms with Gasteiger partial charge >= 0.3 is 5.97 Å². The van der Waals surface area contributed by atoms with Crippen molar-refractivity contribution in [1.82, 2.24) is 0 Å². The van der Waals surface area contributed by atoms with Gasteiger partial charge in [-0.15, -0.1) is 0 Å². The second-order valence-corrected chi connectivity index (χ2v) is 17.1. The smallest absolute Gasteiger partial charge is 0.337 e. The number of carbonyl (C=O) groups is 2. The van der Waals surface area contributed by atoms with Gasteiger partial charge in [0.2, 0.25) is 0 Å². The highest BCUT2D eigenvalue weighted by molar-refractivity contribution is 6.74. The van der Waals surface area contributed by atoms with E-state index in [4.69, 9.17) is 9.16 Å². The third-order valence-corrected chi connectivity index (χ3v) is 13.0. The summed E-state index contributed by atoms with van der Waals surface area (Å²) in [4.78, 5) is 24.5. The van der Waals surface area contributed by atoms with Gasteiger partial charge in [0.15, 0.2) is 14.1 Å². The molecule has 0 heterocycles. The number of hydrogen-bond acceptors (Lipinski definition) is 4. The molecule has 3 aromatic carbocycles. The first kappa shape index (κ1) is 29.7. The van der Waals surface area contributed by atoms with Crippen molar-refractivity contribution < 1.29 is 18.8 Å². The molecular weight excluding hydrogens is 512 g/mol. The second-order valence-electron chi connectivity index (χ2n) is 12.4. The van der Waals surface area contributed by atoms with Gasteiger partial charge in [-0.05, 0) is 71.1 Å². The van der Waals surface area contributed by atoms with Crippen molar-refractivity contribution in [2.24, 2.45) is 11.8 Å². The van der Waals surface area contributed by atoms with Gasteiger partial charge in [-0.25, -0.2) is 4.79 Å². The number of carbonyl (C=O) groups excluding carboxylic acids is 2. The van der Waals surface area contributed by atoms with Crippen LogP contribution in [0.25, 0.3) is 10.8 Å². The third kappa shape index (κ3) is 7.26. The lowest BCUT2D eigenvalue weighted by Crippen LogP contribution is -2.44. The van der Waals surface area contributed by atoms with Crippen LogP contribution in [0.1, 0.15) is 48.7 Å². The Kier molecular flexibility index (Phi) is 9.27. The maximum atomic E-state index is 12.8. The zero-order valence-electron chi connectivity index (χ0n) is 24.6. The Hall–Kier alpha value is -3.28. The van der Waals surface area contributed by atoms with Crippen LogP contribution in [0.3, 0.4) is 0 Å². The molecular formula is C35H42O4Si. The third-order valence-electron chi connectivity index (χ3n) is 8.48. The molecule has 1 aliphatic carbocycles. The minimum absolute atomic E-state index is 0.0453. The molecule has 210 valence electrons. The monoisotopic (exact) mass is 554 g/mol. The van der Waals surface area contributed by atoms with E-state index < -0.39 is 8.32 Å². The van der Waals surface area contributed by atoms with Crippen LogP contribution >= 0.6 is 0 Å². The molecule has 0 spiro atoms. The summed E-state index contributed by atoms with van der Waals surface area (Å²) in [6.45, 7) is 11.4. The minimum atomic E-state index is -2.03. The lowest BCUT2D eigenvalue weighted by atomic mass is 9.88. The molecule has 5 heteroatoms. The number of fused-ring (bicyclic) bond motifs is 1. The van der Waals surface area contributed by atoms with Crippen LogP contribution in [-0.4, -0.2) is 33.3 Å². The van der Waals surface area contributed by atoms with Crippen LogP contribution in [0.4, 0.5) is 0 Å². The fourth-order valence-corrected chi connectivity index (χ4v) is 6.26. The molecule has 3 aromatic rings. The highest BCUT2D eigenvalue weighted by atomic mass is 28.4. The summed E-state index contributed by atoms with van der Waals surface area (Å²) in [5.41, 5.74) is 2.88. The molecule has 40 heavy (non-hydrogen) atoms. The van der Waals surface area contributed by atoms with Gasteiger partial charge < -0.3 is 9.16 Å². The van der Waals surface area contributed by atoms with E-state index in [1.54, 1.807) is 18.2 Å². The molecule has 0 bridgehead atoms. The number of ether oxygens (including phenoxy) is 1. The van der Waals surface area contributed by atoms with Crippen molar-refractivity contribution in [2.75, 3.05) is 7.11 Å². The standard InChI is InChI=1S/C35H42O4Si/c1-35(2,3)40(5,6)39-31(24-26-13-15-27-9-7-8-10-30(27)23-26)20-18-28-19-22-33(36)32(28)21-14-25-11-16-29(17-12-25)34(37)38-4/h7-13,15-20,22-23,28,31-32H,14,21,24H2,1-6H3/b20-18+/t28-,31?,32+/m0/s1. The second kappa shape index (κ2) is 12.5. The van der Waals surface area contributed by atoms with E-state index in [-0.39, 0.29) is 34.7 Å². The highest BCUT2D eigenvalue weighted by Gasteiger charge is 2.39. The molecule has 0 aromatic heterocycles. The summed E-state index contributed by atoms with van der Waals surface area (Å²) >= 11 is 0. The molecule has 0 saturated carbocycles. The maximum Gasteiger partial charge on any atom is 0.337 e. The average molecular weight is 555 g/mol. The lowest BCUT2D eigenvalue weighted by Gasteiger charge is -2.38. The molecule has 0 fully saturated rings. The first-order valence-corrected chi connectivity index (χ1v) is 17.1. The maximum absolute atomic E-state index is 12.8. The Morgan fingerprint density at radius 1 is 0.975 bits per heavy atom. The van der Waals surface area contributed by atoms with Crippen LogP contribution in [-0.2, 0) is 26.8 Å². The van der Waals surface area contributed by atoms with Crippen molar-refractivity contribution in [1.29, 1.82) is 0 Å². The molecule has 0 aliphatic heterocycles. The molecule has 1 aliphatic rings. The number of benzene rings is 3. The van der Waals surface area contributed by atoms with Crippen molar-refractivity contribution in [3.05, 3.63) is 108 Å². The zero-order valence-corrected chi connectivity index (χ0v) is 25.6. The summed E-state index contributed by atoms with van der Waals surface area (Å²) in [6, 6.07) is 22.5. The highest BCUT2D eigenvalue weighted by Crippen LogP contribution is 2.38. The summed E-state index contributed by atoms with van der Waals surface area (Å²) in [6.07, 6.45) is 10.4. The van der Waals surface area contributed by atoms with Gasteiger partial charge in [-0.1, -0.05) is 93.6 Å². The number of ketones is 1. The first-order valence-electron chi connectivity index (χ1n) is 14.2. The van der Waals surface area contributed by atoms with Crippen LogP contribution in [0.5, 0.6) is 0 Å². The largest absolute Gasteiger partial charge is 0.465 e. The van der Waals surface area contributed by atoms with Crippen molar-refractivity contribution in [2.45, 2.75) is 64.3 Å². The van der Waals surface area contributed by atoms with Gasteiger partial charge in [0.05, 0.1) is 18.8 Å². The predicted molar refractivity (Wildman–Crippen MR) is 166 cm³/mol. The topological polar surface area (TPSA) is 52.6 Å². The van der Waals surface area contributed by atoms with Gasteiger partial charge in [0.1, 0.15) is 0 Å². The molecule has 4 nitrogen and oxygen atoms in total. The van der Waals surface area contributed by atoms with Crippen LogP contribution in [0.2, 0.25) is 18.1 Å². The Morgan fingerprint density at radius 2 is 1.65 bits per heavy atom. The van der Waals surface area contributed by atoms with E-state index in [9.17, 15) is 9.59 Å². The molecule has 1 unspecified atom stereocenters. The van der Waals surface area contributed by atoms with E-state index in [2.05, 4.69) is 88.5 Å². The Morgan fingerprint density at radius 3 is 2.33 bits per heavy atom. The summed E-state index contributed by atoms with van der Waals surface area (Å²) in [5.74, 6) is -0.211. The van der Waals surface area contributed by atoms with Gasteiger partial charge in [-0.2, -0.15) is 0 Å². The van der Waals surface area contributed by atoms with E-state index >= 15 is 0 Å². The normalized spacial score (nSPS) is 18.5. The SMILES string of the molecule is COC(=O)c1ccc(CC[C@H]2C(=O)C=C[C@@H]2/C=C/C(Cc2ccc3ccccc3c2)O[Si](C)(C)C(C)(C)C)cc1.